The Hall–Kier alpha value is -5.22. The number of hydrogen-bond donors (Lipinski definition) is 0. The van der Waals surface area contributed by atoms with Crippen molar-refractivity contribution in [3.63, 3.8) is 0 Å². The van der Waals surface area contributed by atoms with Crippen molar-refractivity contribution in [1.82, 2.24) is 0 Å². The molecule has 1 fully saturated rings. The molecule has 0 bridgehead atoms. The minimum atomic E-state index is -0.0849. The first-order valence-corrected chi connectivity index (χ1v) is 27.3. The molecule has 4 heteroatoms. The summed E-state index contributed by atoms with van der Waals surface area (Å²) in [7, 11) is 0. The van der Waals surface area contributed by atoms with E-state index in [1.54, 1.807) is 16.7 Å². The van der Waals surface area contributed by atoms with Crippen molar-refractivity contribution in [2.24, 2.45) is 21.7 Å². The highest BCUT2D eigenvalue weighted by atomic mass is 15.3. The Balaban J connectivity index is 1.11. The van der Waals surface area contributed by atoms with E-state index in [-0.39, 0.29) is 39.3 Å². The van der Waals surface area contributed by atoms with Crippen LogP contribution in [-0.4, -0.2) is 12.3 Å². The van der Waals surface area contributed by atoms with Crippen LogP contribution < -0.4 is 31.1 Å². The number of rotatable bonds is 3. The third-order valence-electron chi connectivity index (χ3n) is 19.7. The second-order valence-electron chi connectivity index (χ2n) is 28.0. The zero-order valence-corrected chi connectivity index (χ0v) is 44.5. The van der Waals surface area contributed by atoms with Crippen molar-refractivity contribution >= 4 is 68.6 Å². The third kappa shape index (κ3) is 6.07. The molecule has 6 aromatic carbocycles. The number of hydrogen-bond acceptors (Lipinski definition) is 3. The van der Waals surface area contributed by atoms with Crippen LogP contribution in [0.2, 0.25) is 0 Å². The van der Waals surface area contributed by atoms with E-state index in [1.165, 1.54) is 132 Å². The summed E-state index contributed by atoms with van der Waals surface area (Å²) in [6, 6.07) is 36.4. The Morgan fingerprint density at radius 2 is 0.843 bits per heavy atom. The van der Waals surface area contributed by atoms with Gasteiger partial charge in [-0.3, -0.25) is 0 Å². The highest BCUT2D eigenvalue weighted by molar-refractivity contribution is 7.00. The summed E-state index contributed by atoms with van der Waals surface area (Å²) in [4.78, 5) is 8.45. The van der Waals surface area contributed by atoms with Crippen molar-refractivity contribution in [2.45, 2.75) is 171 Å². The fraction of sp³-hybridized carbons (Fsp3) is 0.455. The highest BCUT2D eigenvalue weighted by Crippen LogP contribution is 2.63. The predicted molar refractivity (Wildman–Crippen MR) is 298 cm³/mol. The first kappa shape index (κ1) is 43.6. The molecule has 2 unspecified atom stereocenters. The summed E-state index contributed by atoms with van der Waals surface area (Å²) >= 11 is 0. The molecule has 1 saturated carbocycles. The Bertz CT molecular complexity index is 3160. The lowest BCUT2D eigenvalue weighted by Crippen LogP contribution is -2.62. The monoisotopic (exact) mass is 920 g/mol. The molecule has 0 aromatic heterocycles. The molecular formula is C66H74BN3. The zero-order chi connectivity index (χ0) is 48.4. The maximum atomic E-state index is 2.90. The summed E-state index contributed by atoms with van der Waals surface area (Å²) in [5.41, 5.74) is 32.9. The Morgan fingerprint density at radius 1 is 0.414 bits per heavy atom. The quantitative estimate of drug-likeness (QED) is 0.164. The second kappa shape index (κ2) is 13.8. The molecule has 0 N–H and O–H groups in total. The van der Waals surface area contributed by atoms with E-state index < -0.39 is 0 Å². The molecular weight excluding hydrogens is 846 g/mol. The molecule has 14 rings (SSSR count). The van der Waals surface area contributed by atoms with Crippen molar-refractivity contribution in [3.8, 4) is 0 Å². The molecule has 3 heterocycles. The Morgan fingerprint density at radius 3 is 1.33 bits per heavy atom. The molecule has 356 valence electrons. The van der Waals surface area contributed by atoms with Gasteiger partial charge in [0.15, 0.2) is 0 Å². The van der Waals surface area contributed by atoms with Crippen LogP contribution in [0, 0.1) is 35.5 Å². The average Bonchev–Trinajstić information content (AvgIpc) is 4.01. The van der Waals surface area contributed by atoms with Crippen molar-refractivity contribution in [1.29, 1.82) is 0 Å². The van der Waals surface area contributed by atoms with Gasteiger partial charge in [-0.05, 0) is 227 Å². The highest BCUT2D eigenvalue weighted by Gasteiger charge is 2.59. The van der Waals surface area contributed by atoms with Gasteiger partial charge in [0, 0.05) is 50.9 Å². The number of aryl methyl sites for hydroxylation is 2. The first-order chi connectivity index (χ1) is 33.1. The van der Waals surface area contributed by atoms with E-state index in [2.05, 4.69) is 183 Å². The van der Waals surface area contributed by atoms with E-state index in [0.29, 0.717) is 0 Å². The van der Waals surface area contributed by atoms with Gasteiger partial charge in [0.2, 0.25) is 0 Å². The minimum Gasteiger partial charge on any atom is -0.334 e. The van der Waals surface area contributed by atoms with E-state index in [1.807, 2.05) is 0 Å². The number of benzene rings is 6. The summed E-state index contributed by atoms with van der Waals surface area (Å²) in [5, 5.41) is 0. The van der Waals surface area contributed by atoms with Crippen molar-refractivity contribution < 1.29 is 0 Å². The van der Waals surface area contributed by atoms with Gasteiger partial charge in [0.25, 0.3) is 6.71 Å². The Kier molecular flexibility index (Phi) is 8.61. The largest absolute Gasteiger partial charge is 0.334 e. The summed E-state index contributed by atoms with van der Waals surface area (Å²) in [6.45, 7) is 29.8. The molecule has 5 aliphatic carbocycles. The molecule has 6 aromatic rings. The molecule has 3 nitrogen and oxygen atoms in total. The maximum absolute atomic E-state index is 2.90. The molecule has 0 amide bonds. The van der Waals surface area contributed by atoms with Gasteiger partial charge in [-0.2, -0.15) is 0 Å². The lowest BCUT2D eigenvalue weighted by Gasteiger charge is -2.51. The molecule has 70 heavy (non-hydrogen) atoms. The van der Waals surface area contributed by atoms with Gasteiger partial charge >= 0.3 is 0 Å². The van der Waals surface area contributed by atoms with E-state index in [0.717, 1.165) is 51.4 Å². The fourth-order valence-electron chi connectivity index (χ4n) is 16.8. The van der Waals surface area contributed by atoms with Crippen LogP contribution in [0.4, 0.5) is 45.5 Å². The molecule has 3 aliphatic heterocycles. The molecule has 2 atom stereocenters. The number of anilines is 8. The van der Waals surface area contributed by atoms with Crippen LogP contribution in [-0.2, 0) is 56.8 Å². The first-order valence-electron chi connectivity index (χ1n) is 27.3. The van der Waals surface area contributed by atoms with E-state index in [9.17, 15) is 0 Å². The molecule has 0 radical (unpaired) electrons. The van der Waals surface area contributed by atoms with Crippen LogP contribution in [0.15, 0.2) is 84.9 Å². The summed E-state index contributed by atoms with van der Waals surface area (Å²) in [6.07, 6.45) is 13.9. The standard InChI is InChI=1S/C66H74BN3/c1-39-21-40(2)60-52(22-39)65(11)19-13-14-20-66(65,12)70(60)51-29-57-59-58(30-51)69(50-18-16-42-32-62(5,6)34-44(42)24-50)56-28-48-38-64(9,10)36-46(48)26-54(56)67(59)53-25-45-35-63(7,8)37-47(45)27-55(53)68(57)49-17-15-41-31-61(3,4)33-43(41)23-49/h15-18,21-30H,13-14,19-20,31-38H2,1-12H3. The van der Waals surface area contributed by atoms with Crippen LogP contribution >= 0.6 is 0 Å². The van der Waals surface area contributed by atoms with Gasteiger partial charge in [-0.15, -0.1) is 0 Å². The lowest BCUT2D eigenvalue weighted by atomic mass is 9.33. The molecule has 8 aliphatic rings. The Labute approximate surface area is 420 Å². The topological polar surface area (TPSA) is 9.72 Å². The van der Waals surface area contributed by atoms with E-state index in [4.69, 9.17) is 0 Å². The maximum Gasteiger partial charge on any atom is 0.252 e. The second-order valence-corrected chi connectivity index (χ2v) is 28.0. The SMILES string of the molecule is Cc1cc(C)c2c(c1)C1(C)CCCCC1(C)N2c1cc2c3c(c1)N(c1ccc4c(c1)CC(C)(C)C4)c1cc4c(cc1B3c1cc3c(cc1N2c1ccc2c(c1)CC(C)(C)C2)CC(C)(C)C3)CC(C)(C)C4. The van der Waals surface area contributed by atoms with Gasteiger partial charge in [-0.25, -0.2) is 0 Å². The smallest absolute Gasteiger partial charge is 0.252 e. The lowest BCUT2D eigenvalue weighted by molar-refractivity contribution is 0.195. The van der Waals surface area contributed by atoms with Gasteiger partial charge < -0.3 is 14.7 Å². The van der Waals surface area contributed by atoms with Crippen LogP contribution in [0.25, 0.3) is 0 Å². The van der Waals surface area contributed by atoms with Crippen molar-refractivity contribution in [2.75, 3.05) is 14.7 Å². The zero-order valence-electron chi connectivity index (χ0n) is 44.5. The third-order valence-corrected chi connectivity index (χ3v) is 19.7. The van der Waals surface area contributed by atoms with Crippen molar-refractivity contribution in [3.05, 3.63) is 146 Å². The number of fused-ring (bicyclic) bond motifs is 11. The minimum absolute atomic E-state index is 0.0336. The van der Waals surface area contributed by atoms with Crippen LogP contribution in [0.1, 0.15) is 156 Å². The summed E-state index contributed by atoms with van der Waals surface area (Å²) in [5.74, 6) is 0. The number of nitrogens with zero attached hydrogens (tertiary/aromatic N) is 3. The van der Waals surface area contributed by atoms with Crippen LogP contribution in [0.5, 0.6) is 0 Å². The van der Waals surface area contributed by atoms with Gasteiger partial charge in [-0.1, -0.05) is 117 Å². The summed E-state index contributed by atoms with van der Waals surface area (Å²) < 4.78 is 0. The van der Waals surface area contributed by atoms with Gasteiger partial charge in [0.05, 0.1) is 5.54 Å². The predicted octanol–water partition coefficient (Wildman–Crippen LogP) is 14.6. The van der Waals surface area contributed by atoms with E-state index >= 15 is 0 Å². The average molecular weight is 920 g/mol. The fourth-order valence-corrected chi connectivity index (χ4v) is 16.8. The molecule has 0 saturated heterocycles. The van der Waals surface area contributed by atoms with Gasteiger partial charge in [0.1, 0.15) is 0 Å². The van der Waals surface area contributed by atoms with Crippen LogP contribution in [0.3, 0.4) is 0 Å². The normalized spacial score (nSPS) is 24.9. The molecule has 0 spiro atoms.